The van der Waals surface area contributed by atoms with Gasteiger partial charge in [0.1, 0.15) is 13.2 Å². The van der Waals surface area contributed by atoms with Crippen molar-refractivity contribution >= 4 is 0 Å². The van der Waals surface area contributed by atoms with Gasteiger partial charge in [0.2, 0.25) is 0 Å². The highest BCUT2D eigenvalue weighted by molar-refractivity contribution is 5.43. The highest BCUT2D eigenvalue weighted by Crippen LogP contribution is 2.30. The van der Waals surface area contributed by atoms with Gasteiger partial charge in [-0.05, 0) is 50.0 Å². The van der Waals surface area contributed by atoms with E-state index in [1.54, 1.807) is 0 Å². The lowest BCUT2D eigenvalue weighted by molar-refractivity contribution is 0.171. The van der Waals surface area contributed by atoms with E-state index >= 15 is 0 Å². The predicted octanol–water partition coefficient (Wildman–Crippen LogP) is 1.34. The zero-order chi connectivity index (χ0) is 12.9. The lowest BCUT2D eigenvalue weighted by atomic mass is 10.1. The molecule has 1 aromatic rings. The van der Waals surface area contributed by atoms with Crippen LogP contribution < -0.4 is 20.1 Å². The Morgan fingerprint density at radius 2 is 2.11 bits per heavy atom. The third-order valence-corrected chi connectivity index (χ3v) is 3.75. The van der Waals surface area contributed by atoms with E-state index in [1.165, 1.54) is 24.9 Å². The van der Waals surface area contributed by atoms with E-state index in [-0.39, 0.29) is 0 Å². The maximum atomic E-state index is 5.60. The summed E-state index contributed by atoms with van der Waals surface area (Å²) in [6, 6.07) is 6.91. The van der Waals surface area contributed by atoms with Crippen molar-refractivity contribution in [3.63, 3.8) is 0 Å². The first-order valence-electron chi connectivity index (χ1n) is 7.24. The Kier molecular flexibility index (Phi) is 4.20. The second kappa shape index (κ2) is 6.26. The zero-order valence-electron chi connectivity index (χ0n) is 11.3. The molecule has 2 aliphatic rings. The van der Waals surface area contributed by atoms with E-state index in [1.807, 2.05) is 6.07 Å². The van der Waals surface area contributed by atoms with Crippen molar-refractivity contribution in [2.45, 2.75) is 25.3 Å². The highest BCUT2D eigenvalue weighted by Gasteiger charge is 2.13. The van der Waals surface area contributed by atoms with Crippen LogP contribution in [-0.4, -0.2) is 38.9 Å². The first-order chi connectivity index (χ1) is 9.42. The van der Waals surface area contributed by atoms with Gasteiger partial charge in [-0.2, -0.15) is 0 Å². The predicted molar refractivity (Wildman–Crippen MR) is 75.0 cm³/mol. The Balaban J connectivity index is 1.44. The minimum Gasteiger partial charge on any atom is -0.486 e. The van der Waals surface area contributed by atoms with E-state index in [9.17, 15) is 0 Å². The molecule has 1 aromatic carbocycles. The Labute approximate surface area is 114 Å². The molecular formula is C15H22N2O2. The minimum absolute atomic E-state index is 0.655. The molecule has 1 fully saturated rings. The van der Waals surface area contributed by atoms with Crippen LogP contribution in [0, 0.1) is 0 Å². The topological polar surface area (TPSA) is 42.5 Å². The van der Waals surface area contributed by atoms with Crippen LogP contribution in [0.25, 0.3) is 0 Å². The number of fused-ring (bicyclic) bond motifs is 1. The maximum Gasteiger partial charge on any atom is 0.161 e. The van der Waals surface area contributed by atoms with Crippen LogP contribution in [0.5, 0.6) is 11.5 Å². The summed E-state index contributed by atoms with van der Waals surface area (Å²) in [4.78, 5) is 0. The third-order valence-electron chi connectivity index (χ3n) is 3.75. The van der Waals surface area contributed by atoms with E-state index in [2.05, 4.69) is 22.8 Å². The summed E-state index contributed by atoms with van der Waals surface area (Å²) in [6.45, 7) is 4.57. The molecule has 4 heteroatoms. The molecule has 3 rings (SSSR count). The molecule has 1 unspecified atom stereocenters. The zero-order valence-corrected chi connectivity index (χ0v) is 11.3. The van der Waals surface area contributed by atoms with Gasteiger partial charge >= 0.3 is 0 Å². The fourth-order valence-electron chi connectivity index (χ4n) is 2.68. The van der Waals surface area contributed by atoms with Gasteiger partial charge in [-0.3, -0.25) is 0 Å². The lowest BCUT2D eigenvalue weighted by Crippen LogP contribution is -2.34. The molecule has 1 saturated heterocycles. The minimum atomic E-state index is 0.655. The SMILES string of the molecule is c1cc2c(cc1CCNCC1CCCN1)OCCO2. The van der Waals surface area contributed by atoms with Crippen LogP contribution in [0.4, 0.5) is 0 Å². The van der Waals surface area contributed by atoms with E-state index < -0.39 is 0 Å². The summed E-state index contributed by atoms with van der Waals surface area (Å²) < 4.78 is 11.1. The van der Waals surface area contributed by atoms with Crippen LogP contribution in [0.15, 0.2) is 18.2 Å². The molecule has 2 heterocycles. The van der Waals surface area contributed by atoms with E-state index in [0.29, 0.717) is 19.3 Å². The van der Waals surface area contributed by atoms with E-state index in [0.717, 1.165) is 31.0 Å². The number of ether oxygens (including phenoxy) is 2. The van der Waals surface area contributed by atoms with Crippen LogP contribution in [-0.2, 0) is 6.42 Å². The average molecular weight is 262 g/mol. The van der Waals surface area contributed by atoms with Gasteiger partial charge in [-0.25, -0.2) is 0 Å². The molecule has 0 amide bonds. The molecule has 0 aromatic heterocycles. The van der Waals surface area contributed by atoms with Crippen molar-refractivity contribution in [1.82, 2.24) is 10.6 Å². The van der Waals surface area contributed by atoms with Gasteiger partial charge < -0.3 is 20.1 Å². The molecule has 0 spiro atoms. The normalized spacial score (nSPS) is 21.6. The van der Waals surface area contributed by atoms with Crippen molar-refractivity contribution in [3.8, 4) is 11.5 Å². The molecule has 104 valence electrons. The van der Waals surface area contributed by atoms with Gasteiger partial charge in [0, 0.05) is 12.6 Å². The Morgan fingerprint density at radius 1 is 1.21 bits per heavy atom. The molecule has 2 N–H and O–H groups in total. The largest absolute Gasteiger partial charge is 0.486 e. The van der Waals surface area contributed by atoms with Crippen molar-refractivity contribution < 1.29 is 9.47 Å². The third kappa shape index (κ3) is 3.39. The van der Waals surface area contributed by atoms with Crippen molar-refractivity contribution in [2.75, 3.05) is 32.8 Å². The van der Waals surface area contributed by atoms with E-state index in [4.69, 9.17) is 9.47 Å². The van der Waals surface area contributed by atoms with Crippen molar-refractivity contribution in [3.05, 3.63) is 23.8 Å². The molecular weight excluding hydrogens is 240 g/mol. The molecule has 2 aliphatic heterocycles. The maximum absolute atomic E-state index is 5.60. The van der Waals surface area contributed by atoms with Crippen LogP contribution in [0.3, 0.4) is 0 Å². The van der Waals surface area contributed by atoms with Crippen LogP contribution in [0.1, 0.15) is 18.4 Å². The number of hydrogen-bond donors (Lipinski definition) is 2. The summed E-state index contributed by atoms with van der Waals surface area (Å²) in [6.07, 6.45) is 3.65. The van der Waals surface area contributed by atoms with Gasteiger partial charge in [-0.1, -0.05) is 6.07 Å². The monoisotopic (exact) mass is 262 g/mol. The van der Waals surface area contributed by atoms with Crippen LogP contribution >= 0.6 is 0 Å². The first-order valence-corrected chi connectivity index (χ1v) is 7.24. The Bertz CT molecular complexity index is 417. The van der Waals surface area contributed by atoms with Gasteiger partial charge in [-0.15, -0.1) is 0 Å². The van der Waals surface area contributed by atoms with Gasteiger partial charge in [0.05, 0.1) is 0 Å². The molecule has 4 nitrogen and oxygen atoms in total. The molecule has 1 atom stereocenters. The molecule has 19 heavy (non-hydrogen) atoms. The molecule has 0 bridgehead atoms. The molecule has 0 radical (unpaired) electrons. The summed E-state index contributed by atoms with van der Waals surface area (Å²) >= 11 is 0. The van der Waals surface area contributed by atoms with Crippen molar-refractivity contribution in [1.29, 1.82) is 0 Å². The summed E-state index contributed by atoms with van der Waals surface area (Å²) in [7, 11) is 0. The number of rotatable bonds is 5. The lowest BCUT2D eigenvalue weighted by Gasteiger charge is -2.19. The summed E-state index contributed by atoms with van der Waals surface area (Å²) in [5.41, 5.74) is 1.30. The number of nitrogens with one attached hydrogen (secondary N) is 2. The molecule has 0 saturated carbocycles. The fourth-order valence-corrected chi connectivity index (χ4v) is 2.68. The summed E-state index contributed by atoms with van der Waals surface area (Å²) in [5, 5.41) is 7.02. The highest BCUT2D eigenvalue weighted by atomic mass is 16.6. The molecule has 0 aliphatic carbocycles. The Morgan fingerprint density at radius 3 is 2.95 bits per heavy atom. The second-order valence-electron chi connectivity index (χ2n) is 5.23. The number of benzene rings is 1. The first kappa shape index (κ1) is 12.8. The second-order valence-corrected chi connectivity index (χ2v) is 5.23. The van der Waals surface area contributed by atoms with Crippen molar-refractivity contribution in [2.24, 2.45) is 0 Å². The fraction of sp³-hybridized carbons (Fsp3) is 0.600. The van der Waals surface area contributed by atoms with Gasteiger partial charge in [0.25, 0.3) is 0 Å². The number of hydrogen-bond acceptors (Lipinski definition) is 4. The standard InChI is InChI=1S/C15H22N2O2/c1-2-13(17-6-1)11-16-7-5-12-3-4-14-15(10-12)19-9-8-18-14/h3-4,10,13,16-17H,1-2,5-9,11H2. The van der Waals surface area contributed by atoms with Crippen LogP contribution in [0.2, 0.25) is 0 Å². The average Bonchev–Trinajstić information content (AvgIpc) is 2.97. The Hall–Kier alpha value is -1.26. The summed E-state index contributed by atoms with van der Waals surface area (Å²) in [5.74, 6) is 1.76. The smallest absolute Gasteiger partial charge is 0.161 e. The quantitative estimate of drug-likeness (QED) is 0.786. The van der Waals surface area contributed by atoms with Gasteiger partial charge in [0.15, 0.2) is 11.5 Å².